The van der Waals surface area contributed by atoms with Gasteiger partial charge in [-0.3, -0.25) is 4.79 Å². The van der Waals surface area contributed by atoms with E-state index in [1.165, 1.54) is 0 Å². The molecule has 4 nitrogen and oxygen atoms in total. The number of benzene rings is 1. The van der Waals surface area contributed by atoms with Gasteiger partial charge >= 0.3 is 0 Å². The zero-order chi connectivity index (χ0) is 14.5. The van der Waals surface area contributed by atoms with Gasteiger partial charge in [-0.1, -0.05) is 29.8 Å². The first-order chi connectivity index (χ1) is 9.02. The molecule has 1 N–H and O–H groups in total. The minimum Gasteiger partial charge on any atom is -0.323 e. The van der Waals surface area contributed by atoms with E-state index in [4.69, 9.17) is 5.26 Å². The van der Waals surface area contributed by atoms with Crippen LogP contribution in [0.3, 0.4) is 0 Å². The van der Waals surface area contributed by atoms with E-state index in [2.05, 4.69) is 27.3 Å². The largest absolute Gasteiger partial charge is 0.323 e. The summed E-state index contributed by atoms with van der Waals surface area (Å²) in [6.07, 6.45) is 0.865. The van der Waals surface area contributed by atoms with E-state index < -0.39 is 5.41 Å². The van der Waals surface area contributed by atoms with Crippen molar-refractivity contribution in [3.63, 3.8) is 0 Å². The highest BCUT2D eigenvalue weighted by molar-refractivity contribution is 9.10. The van der Waals surface area contributed by atoms with Crippen LogP contribution < -0.4 is 5.32 Å². The lowest BCUT2D eigenvalue weighted by molar-refractivity contribution is -0.123. The highest BCUT2D eigenvalue weighted by atomic mass is 79.9. The number of amides is 1. The molecule has 0 heterocycles. The predicted molar refractivity (Wildman–Crippen MR) is 76.1 cm³/mol. The molecule has 0 unspecified atom stereocenters. The second-order valence-electron chi connectivity index (χ2n) is 4.16. The zero-order valence-electron chi connectivity index (χ0n) is 10.8. The van der Waals surface area contributed by atoms with Crippen LogP contribution in [0.5, 0.6) is 0 Å². The maximum Gasteiger partial charge on any atom is 0.244 e. The molecule has 1 amide bonds. The van der Waals surface area contributed by atoms with Crippen molar-refractivity contribution in [3.05, 3.63) is 28.2 Å². The van der Waals surface area contributed by atoms with Crippen LogP contribution in [0.15, 0.2) is 22.7 Å². The number of rotatable bonds is 4. The molecule has 0 aliphatic heterocycles. The molecule has 19 heavy (non-hydrogen) atoms. The topological polar surface area (TPSA) is 76.7 Å². The molecule has 0 spiro atoms. The van der Waals surface area contributed by atoms with E-state index in [-0.39, 0.29) is 5.91 Å². The number of anilines is 1. The number of hydrogen-bond acceptors (Lipinski definition) is 3. The Hall–Kier alpha value is -1.85. The maximum absolute atomic E-state index is 12.2. The lowest BCUT2D eigenvalue weighted by Gasteiger charge is -2.22. The van der Waals surface area contributed by atoms with E-state index in [9.17, 15) is 10.1 Å². The summed E-state index contributed by atoms with van der Waals surface area (Å²) >= 11 is 3.29. The molecule has 0 aliphatic carbocycles. The maximum atomic E-state index is 12.2. The van der Waals surface area contributed by atoms with Crippen molar-refractivity contribution in [2.75, 3.05) is 5.32 Å². The first-order valence-corrected chi connectivity index (χ1v) is 6.74. The molecular weight excluding hydrogens is 306 g/mol. The van der Waals surface area contributed by atoms with Gasteiger partial charge in [0.15, 0.2) is 0 Å². The third-order valence-corrected chi connectivity index (χ3v) is 3.70. The Morgan fingerprint density at radius 3 is 2.47 bits per heavy atom. The Balaban J connectivity index is 3.10. The van der Waals surface area contributed by atoms with Gasteiger partial charge in [-0.2, -0.15) is 10.5 Å². The van der Waals surface area contributed by atoms with Gasteiger partial charge in [-0.15, -0.1) is 0 Å². The van der Waals surface area contributed by atoms with E-state index in [1.807, 2.05) is 6.07 Å². The standard InChI is InChI=1S/C14H14BrN3O/c1-3-14(4-2,9-17)13(19)18-12-7-11(15)6-5-10(12)8-16/h5-7H,3-4H2,1-2H3,(H,18,19). The van der Waals surface area contributed by atoms with Gasteiger partial charge in [-0.25, -0.2) is 0 Å². The third kappa shape index (κ3) is 3.13. The summed E-state index contributed by atoms with van der Waals surface area (Å²) in [4.78, 5) is 12.2. The van der Waals surface area contributed by atoms with Gasteiger partial charge in [0.05, 0.1) is 17.3 Å². The number of carbonyl (C=O) groups excluding carboxylic acids is 1. The van der Waals surface area contributed by atoms with Gasteiger partial charge in [-0.05, 0) is 31.0 Å². The molecule has 1 rings (SSSR count). The molecule has 0 bridgehead atoms. The molecule has 98 valence electrons. The van der Waals surface area contributed by atoms with Crippen LogP contribution in [0.25, 0.3) is 0 Å². The molecule has 1 aromatic carbocycles. The molecule has 1 aromatic rings. The monoisotopic (exact) mass is 319 g/mol. The Morgan fingerprint density at radius 2 is 2.00 bits per heavy atom. The molecule has 0 aromatic heterocycles. The van der Waals surface area contributed by atoms with Gasteiger partial charge < -0.3 is 5.32 Å². The number of hydrogen-bond donors (Lipinski definition) is 1. The predicted octanol–water partition coefficient (Wildman–Crippen LogP) is 3.59. The minimum absolute atomic E-state index is 0.366. The van der Waals surface area contributed by atoms with Crippen LogP contribution in [0, 0.1) is 28.1 Å². The summed E-state index contributed by atoms with van der Waals surface area (Å²) in [7, 11) is 0. The lowest BCUT2D eigenvalue weighted by Crippen LogP contribution is -2.34. The fourth-order valence-electron chi connectivity index (χ4n) is 1.74. The normalized spacial score (nSPS) is 10.4. The average molecular weight is 320 g/mol. The van der Waals surface area contributed by atoms with Crippen molar-refractivity contribution in [2.24, 2.45) is 5.41 Å². The smallest absolute Gasteiger partial charge is 0.244 e. The van der Waals surface area contributed by atoms with Crippen molar-refractivity contribution < 1.29 is 4.79 Å². The summed E-state index contributed by atoms with van der Waals surface area (Å²) < 4.78 is 0.761. The van der Waals surface area contributed by atoms with Crippen molar-refractivity contribution in [1.82, 2.24) is 0 Å². The van der Waals surface area contributed by atoms with Gasteiger partial charge in [0.2, 0.25) is 5.91 Å². The summed E-state index contributed by atoms with van der Waals surface area (Å²) in [5.74, 6) is -0.366. The Bertz CT molecular complexity index is 565. The SMILES string of the molecule is CCC(C#N)(CC)C(=O)Nc1cc(Br)ccc1C#N. The lowest BCUT2D eigenvalue weighted by atomic mass is 9.83. The van der Waals surface area contributed by atoms with E-state index in [0.29, 0.717) is 24.1 Å². The highest BCUT2D eigenvalue weighted by Gasteiger charge is 2.35. The zero-order valence-corrected chi connectivity index (χ0v) is 12.4. The summed E-state index contributed by atoms with van der Waals surface area (Å²) in [6.45, 7) is 3.61. The van der Waals surface area contributed by atoms with Gasteiger partial charge in [0.1, 0.15) is 11.5 Å². The second-order valence-corrected chi connectivity index (χ2v) is 5.07. The van der Waals surface area contributed by atoms with Crippen LogP contribution in [0.2, 0.25) is 0 Å². The second kappa shape index (κ2) is 6.36. The Morgan fingerprint density at radius 1 is 1.37 bits per heavy atom. The van der Waals surface area contributed by atoms with E-state index >= 15 is 0 Å². The number of nitriles is 2. The number of nitrogens with one attached hydrogen (secondary N) is 1. The van der Waals surface area contributed by atoms with Gasteiger partial charge in [0, 0.05) is 4.47 Å². The van der Waals surface area contributed by atoms with Crippen LogP contribution in [-0.2, 0) is 4.79 Å². The number of halogens is 1. The quantitative estimate of drug-likeness (QED) is 0.921. The number of nitrogens with zero attached hydrogens (tertiary/aromatic N) is 2. The van der Waals surface area contributed by atoms with Crippen LogP contribution in [-0.4, -0.2) is 5.91 Å². The Kier molecular flexibility index (Phi) is 5.09. The summed E-state index contributed by atoms with van der Waals surface area (Å²) in [5.41, 5.74) is -0.256. The Labute approximate surface area is 121 Å². The van der Waals surface area contributed by atoms with Crippen molar-refractivity contribution in [2.45, 2.75) is 26.7 Å². The first kappa shape index (κ1) is 15.2. The summed E-state index contributed by atoms with van der Waals surface area (Å²) in [5, 5.41) is 20.9. The van der Waals surface area contributed by atoms with Crippen LogP contribution in [0.1, 0.15) is 32.3 Å². The fraction of sp³-hybridized carbons (Fsp3) is 0.357. The van der Waals surface area contributed by atoms with Crippen molar-refractivity contribution >= 4 is 27.5 Å². The van der Waals surface area contributed by atoms with Crippen LogP contribution >= 0.6 is 15.9 Å². The van der Waals surface area contributed by atoms with Crippen LogP contribution in [0.4, 0.5) is 5.69 Å². The average Bonchev–Trinajstić information content (AvgIpc) is 2.41. The van der Waals surface area contributed by atoms with Crippen molar-refractivity contribution in [3.8, 4) is 12.1 Å². The van der Waals surface area contributed by atoms with Gasteiger partial charge in [0.25, 0.3) is 0 Å². The molecule has 0 aliphatic rings. The third-order valence-electron chi connectivity index (χ3n) is 3.21. The fourth-order valence-corrected chi connectivity index (χ4v) is 2.10. The minimum atomic E-state index is -1.05. The molecule has 0 saturated heterocycles. The molecule has 5 heteroatoms. The molecule has 0 atom stereocenters. The van der Waals surface area contributed by atoms with E-state index in [0.717, 1.165) is 4.47 Å². The molecule has 0 fully saturated rings. The first-order valence-electron chi connectivity index (χ1n) is 5.95. The molecule has 0 saturated carbocycles. The van der Waals surface area contributed by atoms with E-state index in [1.54, 1.807) is 32.0 Å². The summed E-state index contributed by atoms with van der Waals surface area (Å²) in [6, 6.07) is 9.10. The molecule has 0 radical (unpaired) electrons. The highest BCUT2D eigenvalue weighted by Crippen LogP contribution is 2.29. The van der Waals surface area contributed by atoms with Crippen molar-refractivity contribution in [1.29, 1.82) is 10.5 Å². The molecular formula is C14H14BrN3O. The number of carbonyl (C=O) groups is 1.